The zero-order valence-electron chi connectivity index (χ0n) is 22.0. The normalized spacial score (nSPS) is 10.9. The summed E-state index contributed by atoms with van der Waals surface area (Å²) in [5.74, 6) is -0.366. The zero-order valence-corrected chi connectivity index (χ0v) is 22.9. The predicted molar refractivity (Wildman–Crippen MR) is 150 cm³/mol. The van der Waals surface area contributed by atoms with Crippen LogP contribution in [0.1, 0.15) is 49.8 Å². The van der Waals surface area contributed by atoms with Crippen LogP contribution in [-0.4, -0.2) is 37.8 Å². The molecule has 37 heavy (non-hydrogen) atoms. The summed E-state index contributed by atoms with van der Waals surface area (Å²) in [6, 6.07) is 15.7. The lowest BCUT2D eigenvalue weighted by Crippen LogP contribution is -2.21. The van der Waals surface area contributed by atoms with Crippen molar-refractivity contribution in [3.05, 3.63) is 93.6 Å². The quantitative estimate of drug-likeness (QED) is 0.254. The molecular formula is C28H32N6O2S. The van der Waals surface area contributed by atoms with Gasteiger partial charge in [-0.05, 0) is 69.6 Å². The minimum absolute atomic E-state index is 0.366. The van der Waals surface area contributed by atoms with E-state index in [4.69, 9.17) is 22.1 Å². The van der Waals surface area contributed by atoms with Gasteiger partial charge in [0.25, 0.3) is 0 Å². The van der Waals surface area contributed by atoms with E-state index >= 15 is 0 Å². The molecule has 8 nitrogen and oxygen atoms in total. The van der Waals surface area contributed by atoms with Crippen molar-refractivity contribution in [2.45, 2.75) is 47.7 Å². The lowest BCUT2D eigenvalue weighted by Gasteiger charge is -2.13. The summed E-state index contributed by atoms with van der Waals surface area (Å²) in [5, 5.41) is 16.5. The highest BCUT2D eigenvalue weighted by atomic mass is 32.1. The van der Waals surface area contributed by atoms with E-state index < -0.39 is 0 Å². The zero-order chi connectivity index (χ0) is 26.7. The molecule has 0 fully saturated rings. The molecule has 2 heterocycles. The molecule has 0 radical (unpaired) electrons. The maximum atomic E-state index is 12.2. The van der Waals surface area contributed by atoms with Crippen LogP contribution in [0.2, 0.25) is 0 Å². The summed E-state index contributed by atoms with van der Waals surface area (Å²) < 4.78 is 8.79. The number of methoxy groups -OCH3 is 1. The smallest absolute Gasteiger partial charge is 0.338 e. The number of hydrogen-bond donors (Lipinski definition) is 2. The number of ether oxygens (including phenoxy) is 1. The second kappa shape index (κ2) is 11.0. The molecule has 2 aromatic carbocycles. The van der Waals surface area contributed by atoms with Gasteiger partial charge < -0.3 is 15.4 Å². The van der Waals surface area contributed by atoms with Gasteiger partial charge in [0.1, 0.15) is 0 Å². The molecule has 0 aliphatic rings. The molecule has 0 saturated heterocycles. The highest BCUT2D eigenvalue weighted by Crippen LogP contribution is 2.24. The van der Waals surface area contributed by atoms with Crippen molar-refractivity contribution in [2.24, 2.45) is 0 Å². The van der Waals surface area contributed by atoms with E-state index in [1.165, 1.54) is 18.2 Å². The Bertz CT molecular complexity index is 1470. The number of nitrogens with one attached hydrogen (secondary N) is 2. The summed E-state index contributed by atoms with van der Waals surface area (Å²) in [7, 11) is 1.38. The Hall–Kier alpha value is -3.98. The number of carbonyl (C=O) groups is 1. The fourth-order valence-electron chi connectivity index (χ4n) is 4.40. The Labute approximate surface area is 222 Å². The summed E-state index contributed by atoms with van der Waals surface area (Å²) in [4.78, 5) is 12.2. The first-order valence-corrected chi connectivity index (χ1v) is 12.5. The van der Waals surface area contributed by atoms with Crippen molar-refractivity contribution in [1.29, 1.82) is 0 Å². The molecule has 4 rings (SSSR count). The van der Waals surface area contributed by atoms with Crippen molar-refractivity contribution in [3.8, 4) is 0 Å². The van der Waals surface area contributed by atoms with Gasteiger partial charge in [-0.25, -0.2) is 4.79 Å². The molecule has 4 aromatic rings. The highest BCUT2D eigenvalue weighted by Gasteiger charge is 2.18. The molecular weight excluding hydrogens is 484 g/mol. The van der Waals surface area contributed by atoms with Crippen LogP contribution in [0, 0.1) is 34.6 Å². The fourth-order valence-corrected chi connectivity index (χ4v) is 4.60. The number of rotatable bonds is 7. The Morgan fingerprint density at radius 1 is 0.811 bits per heavy atom. The second-order valence-corrected chi connectivity index (χ2v) is 9.47. The topological polar surface area (TPSA) is 86.0 Å². The minimum Gasteiger partial charge on any atom is -0.465 e. The van der Waals surface area contributed by atoms with Crippen LogP contribution in [0.15, 0.2) is 48.5 Å². The number of esters is 1. The average Bonchev–Trinajstić information content (AvgIpc) is 3.29. The van der Waals surface area contributed by atoms with Gasteiger partial charge in [0.2, 0.25) is 0 Å². The van der Waals surface area contributed by atoms with Gasteiger partial charge in [-0.1, -0.05) is 42.5 Å². The van der Waals surface area contributed by atoms with Gasteiger partial charge in [0, 0.05) is 0 Å². The van der Waals surface area contributed by atoms with Crippen molar-refractivity contribution in [3.63, 3.8) is 0 Å². The second-order valence-electron chi connectivity index (χ2n) is 9.06. The van der Waals surface area contributed by atoms with Gasteiger partial charge in [0.15, 0.2) is 5.11 Å². The van der Waals surface area contributed by atoms with E-state index in [0.717, 1.165) is 39.7 Å². The Balaban J connectivity index is 1.50. The van der Waals surface area contributed by atoms with Crippen LogP contribution >= 0.6 is 12.2 Å². The van der Waals surface area contributed by atoms with Gasteiger partial charge in [-0.2, -0.15) is 10.2 Å². The van der Waals surface area contributed by atoms with Crippen LogP contribution in [0.3, 0.4) is 0 Å². The van der Waals surface area contributed by atoms with E-state index in [9.17, 15) is 4.79 Å². The van der Waals surface area contributed by atoms with E-state index in [0.29, 0.717) is 23.8 Å². The number of anilines is 2. The van der Waals surface area contributed by atoms with Crippen molar-refractivity contribution in [2.75, 3.05) is 17.7 Å². The largest absolute Gasteiger partial charge is 0.465 e. The monoisotopic (exact) mass is 516 g/mol. The highest BCUT2D eigenvalue weighted by molar-refractivity contribution is 7.80. The van der Waals surface area contributed by atoms with E-state index in [1.54, 1.807) is 6.07 Å². The molecule has 2 N–H and O–H groups in total. The lowest BCUT2D eigenvalue weighted by molar-refractivity contribution is 0.0599. The maximum Gasteiger partial charge on any atom is 0.338 e. The number of nitrogens with zero attached hydrogens (tertiary/aromatic N) is 4. The first-order chi connectivity index (χ1) is 17.7. The minimum atomic E-state index is -0.366. The SMILES string of the molecule is COC(=O)c1ccccc1Cn1nc(C)c(NC(=S)Nc2c(C)nn(Cc3ccccc3C)c2C)c1C. The maximum absolute atomic E-state index is 12.2. The van der Waals surface area contributed by atoms with Crippen LogP contribution < -0.4 is 10.6 Å². The third kappa shape index (κ3) is 5.56. The van der Waals surface area contributed by atoms with Crippen molar-refractivity contribution in [1.82, 2.24) is 19.6 Å². The molecule has 9 heteroatoms. The molecule has 2 aromatic heterocycles. The van der Waals surface area contributed by atoms with E-state index in [1.807, 2.05) is 67.4 Å². The molecule has 0 atom stereocenters. The van der Waals surface area contributed by atoms with Crippen LogP contribution in [0.25, 0.3) is 0 Å². The summed E-state index contributed by atoms with van der Waals surface area (Å²) in [6.45, 7) is 11.1. The number of hydrogen-bond acceptors (Lipinski definition) is 5. The van der Waals surface area contributed by atoms with E-state index in [-0.39, 0.29) is 5.97 Å². The van der Waals surface area contributed by atoms with Gasteiger partial charge in [-0.3, -0.25) is 9.36 Å². The molecule has 0 aliphatic carbocycles. The number of benzene rings is 2. The third-order valence-electron chi connectivity index (χ3n) is 6.56. The Kier molecular flexibility index (Phi) is 7.73. The molecule has 0 unspecified atom stereocenters. The van der Waals surface area contributed by atoms with Crippen LogP contribution in [-0.2, 0) is 17.8 Å². The third-order valence-corrected chi connectivity index (χ3v) is 6.77. The summed E-state index contributed by atoms with van der Waals surface area (Å²) >= 11 is 5.67. The Morgan fingerprint density at radius 3 is 1.84 bits per heavy atom. The van der Waals surface area contributed by atoms with E-state index in [2.05, 4.69) is 34.8 Å². The fraction of sp³-hybridized carbons (Fsp3) is 0.286. The average molecular weight is 517 g/mol. The number of carbonyl (C=O) groups excluding carboxylic acids is 1. The van der Waals surface area contributed by atoms with Crippen molar-refractivity contribution < 1.29 is 9.53 Å². The van der Waals surface area contributed by atoms with Crippen LogP contribution in [0.4, 0.5) is 11.4 Å². The Morgan fingerprint density at radius 2 is 1.30 bits per heavy atom. The van der Waals surface area contributed by atoms with Gasteiger partial charge in [0.05, 0.1) is 59.9 Å². The standard InChI is InChI=1S/C28H32N6O2S/c1-17-11-7-8-12-22(17)15-33-20(4)25(18(2)31-33)29-28(37)30-26-19(3)32-34(21(26)5)16-23-13-9-10-14-24(23)27(35)36-6/h7-14H,15-16H2,1-6H3,(H2,29,30,37). The van der Waals surface area contributed by atoms with Gasteiger partial charge in [-0.15, -0.1) is 0 Å². The number of aromatic nitrogens is 4. The number of aryl methyl sites for hydroxylation is 3. The lowest BCUT2D eigenvalue weighted by atomic mass is 10.1. The first kappa shape index (κ1) is 26.1. The van der Waals surface area contributed by atoms with Crippen molar-refractivity contribution >= 4 is 34.7 Å². The first-order valence-electron chi connectivity index (χ1n) is 12.1. The summed E-state index contributed by atoms with van der Waals surface area (Å²) in [6.07, 6.45) is 0. The van der Waals surface area contributed by atoms with Crippen LogP contribution in [0.5, 0.6) is 0 Å². The molecule has 0 bridgehead atoms. The van der Waals surface area contributed by atoms with Gasteiger partial charge >= 0.3 is 5.97 Å². The molecule has 192 valence electrons. The molecule has 0 spiro atoms. The molecule has 0 saturated carbocycles. The molecule has 0 aliphatic heterocycles. The molecule has 0 amide bonds. The number of thiocarbonyl (C=S) groups is 1. The summed E-state index contributed by atoms with van der Waals surface area (Å²) in [5.41, 5.74) is 9.14. The predicted octanol–water partition coefficient (Wildman–Crippen LogP) is 5.31.